The summed E-state index contributed by atoms with van der Waals surface area (Å²) in [6, 6.07) is 33.2. The maximum atomic E-state index is 12.3. The number of carbonyl (C=O) groups excluding carboxylic acids is 1. The van der Waals surface area contributed by atoms with Crippen LogP contribution in [-0.2, 0) is 9.53 Å². The highest BCUT2D eigenvalue weighted by atomic mass is 31.2. The molecule has 2 aliphatic rings. The molecule has 0 saturated heterocycles. The Labute approximate surface area is 215 Å². The molecular weight excluding hydrogens is 459 g/mol. The molecule has 0 heterocycles. The van der Waals surface area contributed by atoms with Gasteiger partial charge in [0, 0.05) is 25.7 Å². The molecule has 3 aromatic carbocycles. The number of allylic oxidation sites excluding steroid dienone is 5. The Morgan fingerprint density at radius 2 is 1.25 bits per heavy atom. The van der Waals surface area contributed by atoms with E-state index in [1.165, 1.54) is 34.1 Å². The molecule has 182 valence electrons. The molecule has 2 aliphatic carbocycles. The third-order valence-corrected chi connectivity index (χ3v) is 11.7. The van der Waals surface area contributed by atoms with Crippen LogP contribution in [0, 0.1) is 0 Å². The van der Waals surface area contributed by atoms with Crippen LogP contribution in [0.3, 0.4) is 0 Å². The van der Waals surface area contributed by atoms with Crippen LogP contribution in [0.1, 0.15) is 44.9 Å². The van der Waals surface area contributed by atoms with Crippen LogP contribution in [0.5, 0.6) is 0 Å². The zero-order valence-corrected chi connectivity index (χ0v) is 21.7. The molecule has 0 radical (unpaired) electrons. The molecular formula is C33H34O2P+. The molecule has 0 aromatic heterocycles. The Morgan fingerprint density at radius 1 is 0.694 bits per heavy atom. The van der Waals surface area contributed by atoms with Crippen LogP contribution in [0.2, 0.25) is 0 Å². The van der Waals surface area contributed by atoms with Gasteiger partial charge in [-0.25, -0.2) is 0 Å². The number of carbonyl (C=O) groups is 1. The number of hydrogen-bond donors (Lipinski definition) is 0. The van der Waals surface area contributed by atoms with Crippen molar-refractivity contribution in [3.63, 3.8) is 0 Å². The lowest BCUT2D eigenvalue weighted by Gasteiger charge is -2.31. The molecule has 0 spiro atoms. The van der Waals surface area contributed by atoms with Gasteiger partial charge in [0.25, 0.3) is 0 Å². The smallest absolute Gasteiger partial charge is 0.162 e. The summed E-state index contributed by atoms with van der Waals surface area (Å²) in [5, 5.41) is 5.58. The number of ether oxygens (including phenoxy) is 1. The molecule has 36 heavy (non-hydrogen) atoms. The Hall–Kier alpha value is -3.22. The maximum absolute atomic E-state index is 12.3. The predicted octanol–water partition coefficient (Wildman–Crippen LogP) is 7.02. The van der Waals surface area contributed by atoms with Gasteiger partial charge in [-0.05, 0) is 54.8 Å². The van der Waals surface area contributed by atoms with E-state index in [1.807, 2.05) is 18.2 Å². The second-order valence-corrected chi connectivity index (χ2v) is 12.9. The zero-order chi connectivity index (χ0) is 24.6. The van der Waals surface area contributed by atoms with Crippen LogP contribution in [0.25, 0.3) is 0 Å². The summed E-state index contributed by atoms with van der Waals surface area (Å²) in [7, 11) is -2.14. The van der Waals surface area contributed by atoms with Crippen molar-refractivity contribution >= 4 is 29.0 Å². The lowest BCUT2D eigenvalue weighted by atomic mass is 10.0. The fourth-order valence-electron chi connectivity index (χ4n) is 5.51. The van der Waals surface area contributed by atoms with Gasteiger partial charge in [-0.15, -0.1) is 0 Å². The van der Waals surface area contributed by atoms with Gasteiger partial charge in [0.1, 0.15) is 34.2 Å². The third kappa shape index (κ3) is 5.01. The number of rotatable bonds is 8. The largest absolute Gasteiger partial charge is 0.494 e. The molecule has 0 fully saturated rings. The molecule has 3 aromatic rings. The van der Waals surface area contributed by atoms with Crippen LogP contribution >= 0.6 is 7.26 Å². The molecule has 0 atom stereocenters. The molecule has 0 N–H and O–H groups in total. The number of Topliss-reactive ketones (excluding diaryl/α,β-unsaturated/α-hetero) is 1. The summed E-state index contributed by atoms with van der Waals surface area (Å²) in [4.78, 5) is 12.3. The highest BCUT2D eigenvalue weighted by Gasteiger charge is 2.51. The van der Waals surface area contributed by atoms with E-state index in [0.29, 0.717) is 19.4 Å². The molecule has 0 amide bonds. The quantitative estimate of drug-likeness (QED) is 0.315. The van der Waals surface area contributed by atoms with Crippen LogP contribution in [0.4, 0.5) is 0 Å². The molecule has 2 nitrogen and oxygen atoms in total. The van der Waals surface area contributed by atoms with Crippen molar-refractivity contribution in [2.24, 2.45) is 0 Å². The minimum atomic E-state index is -2.14. The summed E-state index contributed by atoms with van der Waals surface area (Å²) >= 11 is 0. The fourth-order valence-corrected chi connectivity index (χ4v) is 10.2. The second kappa shape index (κ2) is 11.7. The van der Waals surface area contributed by atoms with Gasteiger partial charge in [0.2, 0.25) is 0 Å². The van der Waals surface area contributed by atoms with Crippen molar-refractivity contribution in [2.45, 2.75) is 44.9 Å². The first-order valence-corrected chi connectivity index (χ1v) is 14.9. The second-order valence-electron chi connectivity index (χ2n) is 9.45. The number of ketones is 1. The van der Waals surface area contributed by atoms with E-state index in [1.54, 1.807) is 0 Å². The third-order valence-electron chi connectivity index (χ3n) is 7.22. The Balaban J connectivity index is 1.66. The van der Waals surface area contributed by atoms with Crippen molar-refractivity contribution in [3.05, 3.63) is 126 Å². The van der Waals surface area contributed by atoms with Gasteiger partial charge in [-0.3, -0.25) is 4.79 Å². The topological polar surface area (TPSA) is 26.3 Å². The summed E-state index contributed by atoms with van der Waals surface area (Å²) in [5.41, 5.74) is 0.878. The average Bonchev–Trinajstić information content (AvgIpc) is 3.18. The SMILES string of the molecule is O=C1CC=CC=C1CCOC1=C([P+](c2ccccc2)(c2ccccc2)c2ccccc2)CCCCC1. The van der Waals surface area contributed by atoms with Crippen molar-refractivity contribution < 1.29 is 9.53 Å². The van der Waals surface area contributed by atoms with Gasteiger partial charge in [-0.2, -0.15) is 0 Å². The maximum Gasteiger partial charge on any atom is 0.162 e. The van der Waals surface area contributed by atoms with Gasteiger partial charge in [-0.1, -0.05) is 79.2 Å². The van der Waals surface area contributed by atoms with Gasteiger partial charge >= 0.3 is 0 Å². The van der Waals surface area contributed by atoms with Crippen LogP contribution in [0.15, 0.2) is 126 Å². The monoisotopic (exact) mass is 493 g/mol. The van der Waals surface area contributed by atoms with Crippen LogP contribution < -0.4 is 15.9 Å². The first-order valence-electron chi connectivity index (χ1n) is 13.1. The first kappa shape index (κ1) is 24.5. The summed E-state index contributed by atoms with van der Waals surface area (Å²) < 4.78 is 6.69. The number of benzene rings is 3. The Kier molecular flexibility index (Phi) is 7.94. The van der Waals surface area contributed by atoms with E-state index >= 15 is 0 Å². The van der Waals surface area contributed by atoms with Crippen LogP contribution in [-0.4, -0.2) is 12.4 Å². The lowest BCUT2D eigenvalue weighted by Crippen LogP contribution is -2.33. The van der Waals surface area contributed by atoms with E-state index in [2.05, 4.69) is 91.0 Å². The molecule has 3 heteroatoms. The normalized spacial score (nSPS) is 16.4. The molecule has 0 bridgehead atoms. The predicted molar refractivity (Wildman–Crippen MR) is 153 cm³/mol. The van der Waals surface area contributed by atoms with Crippen molar-refractivity contribution in [1.29, 1.82) is 0 Å². The first-order chi connectivity index (χ1) is 17.8. The van der Waals surface area contributed by atoms with Crippen molar-refractivity contribution in [2.75, 3.05) is 6.61 Å². The lowest BCUT2D eigenvalue weighted by molar-refractivity contribution is -0.115. The molecule has 5 rings (SSSR count). The molecule has 0 aliphatic heterocycles. The van der Waals surface area contributed by atoms with Crippen molar-refractivity contribution in [1.82, 2.24) is 0 Å². The number of hydrogen-bond acceptors (Lipinski definition) is 2. The molecule has 0 saturated carbocycles. The van der Waals surface area contributed by atoms with Gasteiger partial charge in [0.15, 0.2) is 5.78 Å². The van der Waals surface area contributed by atoms with E-state index in [-0.39, 0.29) is 5.78 Å². The highest BCUT2D eigenvalue weighted by molar-refractivity contribution is 7.99. The zero-order valence-electron chi connectivity index (χ0n) is 20.8. The van der Waals surface area contributed by atoms with Gasteiger partial charge in [0.05, 0.1) is 6.61 Å². The summed E-state index contributed by atoms with van der Waals surface area (Å²) in [6.07, 6.45) is 12.5. The van der Waals surface area contributed by atoms with Gasteiger partial charge < -0.3 is 4.74 Å². The fraction of sp³-hybridized carbons (Fsp3) is 0.242. The minimum Gasteiger partial charge on any atom is -0.494 e. The minimum absolute atomic E-state index is 0.218. The Morgan fingerprint density at radius 3 is 1.81 bits per heavy atom. The Bertz CT molecular complexity index is 1160. The average molecular weight is 494 g/mol. The van der Waals surface area contributed by atoms with Crippen molar-refractivity contribution in [3.8, 4) is 0 Å². The van der Waals surface area contributed by atoms with E-state index in [4.69, 9.17) is 4.74 Å². The highest BCUT2D eigenvalue weighted by Crippen LogP contribution is 2.65. The van der Waals surface area contributed by atoms with E-state index in [0.717, 1.165) is 30.6 Å². The van der Waals surface area contributed by atoms with E-state index in [9.17, 15) is 4.79 Å². The summed E-state index contributed by atoms with van der Waals surface area (Å²) in [6.45, 7) is 0.544. The molecule has 0 unspecified atom stereocenters. The standard InChI is InChI=1S/C33H34O2P/c34-31-22-14-13-15-27(31)25-26-35-32-23-11-4-12-24-33(32)36(28-16-5-1-6-17-28,29-18-7-2-8-19-29)30-20-9-3-10-21-30/h1-3,5-10,13-21H,4,11-12,22-26H2/q+1. The summed E-state index contributed by atoms with van der Waals surface area (Å²) in [5.74, 6) is 1.37. The van der Waals surface area contributed by atoms with E-state index < -0.39 is 7.26 Å².